The Bertz CT molecular complexity index is 223. The van der Waals surface area contributed by atoms with Gasteiger partial charge in [0.2, 0.25) is 5.91 Å². The summed E-state index contributed by atoms with van der Waals surface area (Å²) in [6, 6.07) is 0.338. The van der Waals surface area contributed by atoms with Gasteiger partial charge < -0.3 is 10.6 Å². The highest BCUT2D eigenvalue weighted by Crippen LogP contribution is 2.37. The van der Waals surface area contributed by atoms with Gasteiger partial charge in [0.15, 0.2) is 0 Å². The maximum Gasteiger partial charge on any atom is 0.223 e. The summed E-state index contributed by atoms with van der Waals surface area (Å²) in [4.78, 5) is 11.7. The van der Waals surface area contributed by atoms with Gasteiger partial charge in [-0.15, -0.1) is 0 Å². The minimum Gasteiger partial charge on any atom is -0.353 e. The summed E-state index contributed by atoms with van der Waals surface area (Å²) in [7, 11) is 0. The molecule has 3 heteroatoms. The van der Waals surface area contributed by atoms with Crippen LogP contribution in [0.5, 0.6) is 0 Å². The van der Waals surface area contributed by atoms with Gasteiger partial charge in [-0.05, 0) is 44.7 Å². The van der Waals surface area contributed by atoms with Gasteiger partial charge in [-0.25, -0.2) is 0 Å². The van der Waals surface area contributed by atoms with Crippen LogP contribution < -0.4 is 10.6 Å². The molecule has 4 atom stereocenters. The van der Waals surface area contributed by atoms with Crippen molar-refractivity contribution in [2.75, 3.05) is 13.1 Å². The topological polar surface area (TPSA) is 41.1 Å². The predicted molar refractivity (Wildman–Crippen MR) is 55.9 cm³/mol. The van der Waals surface area contributed by atoms with E-state index >= 15 is 0 Å². The van der Waals surface area contributed by atoms with Crippen LogP contribution in [0.2, 0.25) is 0 Å². The third-order valence-electron chi connectivity index (χ3n) is 3.62. The summed E-state index contributed by atoms with van der Waals surface area (Å²) in [6.07, 6.45) is 2.28. The molecule has 1 saturated heterocycles. The Kier molecular flexibility index (Phi) is 2.77. The molecule has 1 aliphatic heterocycles. The van der Waals surface area contributed by atoms with Crippen LogP contribution in [0.3, 0.4) is 0 Å². The number of amides is 1. The minimum atomic E-state index is 0.275. The number of nitrogens with one attached hydrogen (secondary N) is 2. The van der Waals surface area contributed by atoms with Crippen LogP contribution in [0.1, 0.15) is 26.7 Å². The molecular formula is C11H20N2O. The van der Waals surface area contributed by atoms with Crippen LogP contribution in [0.25, 0.3) is 0 Å². The zero-order valence-electron chi connectivity index (χ0n) is 9.05. The van der Waals surface area contributed by atoms with Gasteiger partial charge in [0, 0.05) is 12.0 Å². The molecule has 14 heavy (non-hydrogen) atoms. The molecule has 1 aliphatic carbocycles. The summed E-state index contributed by atoms with van der Waals surface area (Å²) < 4.78 is 0. The summed E-state index contributed by atoms with van der Waals surface area (Å²) in [5.74, 6) is 1.83. The van der Waals surface area contributed by atoms with E-state index in [1.807, 2.05) is 0 Å². The van der Waals surface area contributed by atoms with E-state index in [0.29, 0.717) is 23.8 Å². The molecule has 2 N–H and O–H groups in total. The van der Waals surface area contributed by atoms with Crippen LogP contribution in [0.4, 0.5) is 0 Å². The second-order valence-electron chi connectivity index (χ2n) is 4.87. The SMILES string of the molecule is CC1CC1C(=O)NC(C)C1CCNC1. The Morgan fingerprint density at radius 1 is 1.57 bits per heavy atom. The molecule has 2 rings (SSSR count). The van der Waals surface area contributed by atoms with E-state index in [4.69, 9.17) is 0 Å². The van der Waals surface area contributed by atoms with Gasteiger partial charge in [-0.2, -0.15) is 0 Å². The Labute approximate surface area is 85.6 Å². The highest BCUT2D eigenvalue weighted by atomic mass is 16.2. The quantitative estimate of drug-likeness (QED) is 0.699. The van der Waals surface area contributed by atoms with Crippen LogP contribution >= 0.6 is 0 Å². The Morgan fingerprint density at radius 2 is 2.29 bits per heavy atom. The van der Waals surface area contributed by atoms with Crippen molar-refractivity contribution >= 4 is 5.91 Å². The smallest absolute Gasteiger partial charge is 0.223 e. The second kappa shape index (κ2) is 3.89. The molecule has 80 valence electrons. The first-order valence-electron chi connectivity index (χ1n) is 5.69. The van der Waals surface area contributed by atoms with Gasteiger partial charge in [0.1, 0.15) is 0 Å². The normalized spacial score (nSPS) is 38.0. The van der Waals surface area contributed by atoms with Gasteiger partial charge in [0.25, 0.3) is 0 Å². The third-order valence-corrected chi connectivity index (χ3v) is 3.62. The number of rotatable bonds is 3. The molecular weight excluding hydrogens is 176 g/mol. The molecule has 2 fully saturated rings. The molecule has 0 aromatic carbocycles. The number of hydrogen-bond acceptors (Lipinski definition) is 2. The lowest BCUT2D eigenvalue weighted by Gasteiger charge is -2.19. The number of carbonyl (C=O) groups excluding carboxylic acids is 1. The molecule has 3 nitrogen and oxygen atoms in total. The molecule has 0 aromatic rings. The largest absolute Gasteiger partial charge is 0.353 e. The van der Waals surface area contributed by atoms with E-state index in [1.54, 1.807) is 0 Å². The number of hydrogen-bond donors (Lipinski definition) is 2. The Balaban J connectivity index is 1.75. The van der Waals surface area contributed by atoms with Crippen molar-refractivity contribution in [2.24, 2.45) is 17.8 Å². The highest BCUT2D eigenvalue weighted by Gasteiger charge is 2.39. The predicted octanol–water partition coefficient (Wildman–Crippen LogP) is 0.757. The highest BCUT2D eigenvalue weighted by molar-refractivity contribution is 5.81. The Hall–Kier alpha value is -0.570. The molecule has 4 unspecified atom stereocenters. The molecule has 0 spiro atoms. The van der Waals surface area contributed by atoms with Crippen molar-refractivity contribution in [3.05, 3.63) is 0 Å². The molecule has 2 aliphatic rings. The molecule has 1 heterocycles. The van der Waals surface area contributed by atoms with Crippen molar-refractivity contribution in [3.8, 4) is 0 Å². The van der Waals surface area contributed by atoms with Gasteiger partial charge in [0.05, 0.1) is 0 Å². The van der Waals surface area contributed by atoms with Crippen molar-refractivity contribution in [1.29, 1.82) is 0 Å². The number of carbonyl (C=O) groups is 1. The average Bonchev–Trinajstić information content (AvgIpc) is 2.70. The van der Waals surface area contributed by atoms with Crippen molar-refractivity contribution in [3.63, 3.8) is 0 Å². The van der Waals surface area contributed by atoms with E-state index in [-0.39, 0.29) is 5.91 Å². The fraction of sp³-hybridized carbons (Fsp3) is 0.909. The van der Waals surface area contributed by atoms with Crippen molar-refractivity contribution in [2.45, 2.75) is 32.7 Å². The lowest BCUT2D eigenvalue weighted by molar-refractivity contribution is -0.123. The first kappa shape index (κ1) is 9.97. The van der Waals surface area contributed by atoms with Crippen LogP contribution in [-0.4, -0.2) is 25.0 Å². The van der Waals surface area contributed by atoms with Gasteiger partial charge >= 0.3 is 0 Å². The standard InChI is InChI=1S/C11H20N2O/c1-7-5-10(7)11(14)13-8(2)9-3-4-12-6-9/h7-10,12H,3-6H2,1-2H3,(H,13,14). The van der Waals surface area contributed by atoms with Crippen LogP contribution in [0, 0.1) is 17.8 Å². The minimum absolute atomic E-state index is 0.275. The zero-order chi connectivity index (χ0) is 10.1. The fourth-order valence-corrected chi connectivity index (χ4v) is 2.24. The third kappa shape index (κ3) is 2.08. The van der Waals surface area contributed by atoms with E-state index in [1.165, 1.54) is 6.42 Å². The van der Waals surface area contributed by atoms with Crippen molar-refractivity contribution < 1.29 is 4.79 Å². The van der Waals surface area contributed by atoms with E-state index < -0.39 is 0 Å². The zero-order valence-corrected chi connectivity index (χ0v) is 9.05. The summed E-state index contributed by atoms with van der Waals surface area (Å²) in [6.45, 7) is 6.43. The molecule has 0 bridgehead atoms. The molecule has 0 radical (unpaired) electrons. The average molecular weight is 196 g/mol. The summed E-state index contributed by atoms with van der Waals surface area (Å²) in [5, 5.41) is 6.46. The fourth-order valence-electron chi connectivity index (χ4n) is 2.24. The van der Waals surface area contributed by atoms with Crippen LogP contribution in [-0.2, 0) is 4.79 Å². The molecule has 0 aromatic heterocycles. The lowest BCUT2D eigenvalue weighted by atomic mass is 10.0. The monoisotopic (exact) mass is 196 g/mol. The van der Waals surface area contributed by atoms with E-state index in [9.17, 15) is 4.79 Å². The molecule has 1 amide bonds. The summed E-state index contributed by atoms with van der Waals surface area (Å²) >= 11 is 0. The first-order chi connectivity index (χ1) is 6.68. The van der Waals surface area contributed by atoms with Crippen molar-refractivity contribution in [1.82, 2.24) is 10.6 Å². The summed E-state index contributed by atoms with van der Waals surface area (Å²) in [5.41, 5.74) is 0. The van der Waals surface area contributed by atoms with Gasteiger partial charge in [-0.1, -0.05) is 6.92 Å². The first-order valence-corrected chi connectivity index (χ1v) is 5.69. The van der Waals surface area contributed by atoms with E-state index in [2.05, 4.69) is 24.5 Å². The maximum atomic E-state index is 11.7. The Morgan fingerprint density at radius 3 is 2.79 bits per heavy atom. The van der Waals surface area contributed by atoms with Gasteiger partial charge in [-0.3, -0.25) is 4.79 Å². The maximum absolute atomic E-state index is 11.7. The lowest BCUT2D eigenvalue weighted by Crippen LogP contribution is -2.39. The molecule has 1 saturated carbocycles. The van der Waals surface area contributed by atoms with E-state index in [0.717, 1.165) is 19.5 Å². The van der Waals surface area contributed by atoms with Crippen LogP contribution in [0.15, 0.2) is 0 Å². The second-order valence-corrected chi connectivity index (χ2v) is 4.87.